The number of H-pyrrole nitrogens is 1. The molecule has 1 fully saturated rings. The number of benzene rings is 1. The van der Waals surface area contributed by atoms with Crippen molar-refractivity contribution < 1.29 is 27.2 Å². The average Bonchev–Trinajstić information content (AvgIpc) is 3.57. The summed E-state index contributed by atoms with van der Waals surface area (Å²) in [7, 11) is 4.21. The Hall–Kier alpha value is -4.30. The molecule has 0 aliphatic carbocycles. The molecule has 1 aromatic carbocycles. The van der Waals surface area contributed by atoms with Gasteiger partial charge in [-0.25, -0.2) is 19.6 Å². The molecule has 3 aromatic heterocycles. The van der Waals surface area contributed by atoms with Crippen LogP contribution in [0.15, 0.2) is 49.1 Å². The third kappa shape index (κ3) is 5.67. The summed E-state index contributed by atoms with van der Waals surface area (Å²) in [6.07, 6.45) is 0.161. The predicted octanol–water partition coefficient (Wildman–Crippen LogP) is 3.51. The van der Waals surface area contributed by atoms with Crippen molar-refractivity contribution in [3.63, 3.8) is 0 Å². The molecule has 5 rings (SSSR count). The number of imidazole rings is 1. The fourth-order valence-corrected chi connectivity index (χ4v) is 4.46. The highest BCUT2D eigenvalue weighted by Gasteiger charge is 2.38. The number of amides is 2. The van der Waals surface area contributed by atoms with Gasteiger partial charge in [-0.2, -0.15) is 18.3 Å². The lowest BCUT2D eigenvalue weighted by atomic mass is 10.1. The first-order valence-electron chi connectivity index (χ1n) is 12.1. The summed E-state index contributed by atoms with van der Waals surface area (Å²) in [6.45, 7) is 2.87. The molecular weight excluding hydrogens is 551 g/mol. The molecule has 2 amide bonds. The van der Waals surface area contributed by atoms with Crippen LogP contribution in [0.4, 0.5) is 18.9 Å². The van der Waals surface area contributed by atoms with Gasteiger partial charge >= 0.3 is 6.18 Å². The van der Waals surface area contributed by atoms with E-state index in [1.54, 1.807) is 4.90 Å². The van der Waals surface area contributed by atoms with Crippen LogP contribution in [0.25, 0.3) is 17.2 Å². The lowest BCUT2D eigenvalue weighted by Gasteiger charge is -2.39. The first-order chi connectivity index (χ1) is 18.9. The summed E-state index contributed by atoms with van der Waals surface area (Å²) in [6, 6.07) is 6.01. The molecule has 4 aromatic rings. The maximum atomic E-state index is 13.7. The zero-order valence-corrected chi connectivity index (χ0v) is 22.2. The van der Waals surface area contributed by atoms with Crippen LogP contribution >= 0.6 is 11.6 Å². The van der Waals surface area contributed by atoms with Gasteiger partial charge in [-0.3, -0.25) is 9.59 Å². The van der Waals surface area contributed by atoms with Crippen LogP contribution < -0.4 is 5.32 Å². The van der Waals surface area contributed by atoms with Crippen LogP contribution in [0.3, 0.4) is 0 Å². The first-order valence-corrected chi connectivity index (χ1v) is 12.5. The van der Waals surface area contributed by atoms with E-state index < -0.39 is 17.8 Å². The van der Waals surface area contributed by atoms with Gasteiger partial charge in [0.2, 0.25) is 5.95 Å². The van der Waals surface area contributed by atoms with E-state index in [4.69, 9.17) is 11.6 Å². The van der Waals surface area contributed by atoms with Gasteiger partial charge in [0.25, 0.3) is 11.8 Å². The lowest BCUT2D eigenvalue weighted by Crippen LogP contribution is -2.56. The maximum Gasteiger partial charge on any atom is 0.435 e. The number of hydrogen-bond donors (Lipinski definition) is 2. The summed E-state index contributed by atoms with van der Waals surface area (Å²) in [4.78, 5) is 41.9. The van der Waals surface area contributed by atoms with E-state index in [2.05, 4.69) is 44.4 Å². The number of carbonyl (C=O) groups is 2. The van der Waals surface area contributed by atoms with Crippen LogP contribution in [-0.2, 0) is 6.18 Å². The Bertz CT molecular complexity index is 1560. The fraction of sp³-hybridized carbons (Fsp3) is 0.280. The molecule has 2 N–H and O–H groups in total. The number of piperazine rings is 1. The van der Waals surface area contributed by atoms with Crippen molar-refractivity contribution in [2.75, 3.05) is 45.6 Å². The minimum absolute atomic E-state index is 0.0566. The third-order valence-corrected chi connectivity index (χ3v) is 6.83. The van der Waals surface area contributed by atoms with Crippen LogP contribution in [-0.4, -0.2) is 91.2 Å². The van der Waals surface area contributed by atoms with E-state index in [1.165, 1.54) is 36.7 Å². The number of nitrogens with one attached hydrogen (secondary N) is 2. The number of halogens is 4. The summed E-state index contributed by atoms with van der Waals surface area (Å²) in [5.74, 6) is -1.21. The van der Waals surface area contributed by atoms with E-state index >= 15 is 0 Å². The topological polar surface area (TPSA) is 122 Å². The predicted molar refractivity (Wildman–Crippen MR) is 139 cm³/mol. The largest absolute Gasteiger partial charge is 0.435 e. The SMILES string of the molecule is C[N+]1(C)CCN(C(=O)c2ccc(NC(=O)c3ncc(-c4cn(-c5ncccn5)nc4C(F)(F)F)[nH]3)cc2Cl)CC1. The smallest absolute Gasteiger partial charge is 0.334 e. The number of rotatable bonds is 5. The number of aromatic nitrogens is 6. The van der Waals surface area contributed by atoms with Crippen LogP contribution in [0, 0.1) is 0 Å². The number of quaternary nitrogens is 1. The van der Waals surface area contributed by atoms with Crippen molar-refractivity contribution >= 4 is 29.1 Å². The fourth-order valence-electron chi connectivity index (χ4n) is 4.20. The number of anilines is 1. The van der Waals surface area contributed by atoms with E-state index in [1.807, 2.05) is 0 Å². The second-order valence-electron chi connectivity index (χ2n) is 9.85. The molecule has 1 aliphatic heterocycles. The molecule has 40 heavy (non-hydrogen) atoms. The highest BCUT2D eigenvalue weighted by atomic mass is 35.5. The van der Waals surface area contributed by atoms with Gasteiger partial charge in [-0.05, 0) is 24.3 Å². The molecule has 208 valence electrons. The standard InChI is InChI=1S/C25H23ClF3N9O2/c1-38(2)10-8-36(9-11-38)23(40)16-5-4-15(12-18(16)26)33-22(39)21-32-13-19(34-21)17-14-37(24-30-6-3-7-31-24)35-20(17)25(27,28)29/h3-7,12-14H,8-11H2,1-2H3,(H-,32,33,34,39,40)/p+1. The Balaban J connectivity index is 1.32. The molecule has 1 aliphatic rings. The third-order valence-electron chi connectivity index (χ3n) is 6.52. The van der Waals surface area contributed by atoms with Crippen molar-refractivity contribution in [1.29, 1.82) is 0 Å². The van der Waals surface area contributed by atoms with Gasteiger partial charge in [0.1, 0.15) is 0 Å². The summed E-state index contributed by atoms with van der Waals surface area (Å²) in [5, 5.41) is 6.34. The zero-order valence-electron chi connectivity index (χ0n) is 21.4. The maximum absolute atomic E-state index is 13.7. The van der Waals surface area contributed by atoms with Gasteiger partial charge in [0.05, 0.1) is 68.3 Å². The Morgan fingerprint density at radius 1 is 1.10 bits per heavy atom. The van der Waals surface area contributed by atoms with Crippen molar-refractivity contribution in [2.45, 2.75) is 6.18 Å². The molecule has 11 nitrogen and oxygen atoms in total. The van der Waals surface area contributed by atoms with Crippen LogP contribution in [0.2, 0.25) is 5.02 Å². The average molecular weight is 575 g/mol. The Morgan fingerprint density at radius 3 is 2.45 bits per heavy atom. The highest BCUT2D eigenvalue weighted by molar-refractivity contribution is 6.34. The molecule has 0 atom stereocenters. The summed E-state index contributed by atoms with van der Waals surface area (Å²) in [5.41, 5.74) is -1.02. The second kappa shape index (κ2) is 10.4. The van der Waals surface area contributed by atoms with Gasteiger partial charge in [0.15, 0.2) is 11.5 Å². The van der Waals surface area contributed by atoms with Crippen LogP contribution in [0.1, 0.15) is 26.7 Å². The molecule has 0 bridgehead atoms. The van der Waals surface area contributed by atoms with Gasteiger partial charge in [0, 0.05) is 24.3 Å². The second-order valence-corrected chi connectivity index (χ2v) is 10.3. The molecular formula is C25H24ClF3N9O2+. The highest BCUT2D eigenvalue weighted by Crippen LogP contribution is 2.36. The lowest BCUT2D eigenvalue weighted by molar-refractivity contribution is -0.894. The molecule has 0 unspecified atom stereocenters. The van der Waals surface area contributed by atoms with Gasteiger partial charge in [-0.1, -0.05) is 11.6 Å². The summed E-state index contributed by atoms with van der Waals surface area (Å²) < 4.78 is 42.9. The number of likely N-dealkylation sites (N-methyl/N-ethyl adjacent to an activating group) is 1. The van der Waals surface area contributed by atoms with E-state index in [0.29, 0.717) is 18.7 Å². The van der Waals surface area contributed by atoms with Crippen LogP contribution in [0.5, 0.6) is 0 Å². The molecule has 1 saturated heterocycles. The van der Waals surface area contributed by atoms with Crippen molar-refractivity contribution in [3.05, 3.63) is 71.2 Å². The Morgan fingerprint density at radius 2 is 1.80 bits per heavy atom. The number of carbonyl (C=O) groups excluding carboxylic acids is 2. The molecule has 4 heterocycles. The minimum atomic E-state index is -4.79. The van der Waals surface area contributed by atoms with E-state index in [9.17, 15) is 22.8 Å². The van der Waals surface area contributed by atoms with Crippen molar-refractivity contribution in [3.8, 4) is 17.2 Å². The normalized spacial score (nSPS) is 15.2. The number of nitrogens with zero attached hydrogens (tertiary/aromatic N) is 7. The molecule has 0 radical (unpaired) electrons. The Kier molecular flexibility index (Phi) is 7.06. The van der Waals surface area contributed by atoms with Gasteiger partial charge < -0.3 is 19.7 Å². The monoisotopic (exact) mass is 574 g/mol. The Labute approximate surface area is 231 Å². The van der Waals surface area contributed by atoms with Crippen molar-refractivity contribution in [2.24, 2.45) is 0 Å². The molecule has 0 spiro atoms. The minimum Gasteiger partial charge on any atom is -0.334 e. The van der Waals surface area contributed by atoms with Crippen molar-refractivity contribution in [1.82, 2.24) is 34.6 Å². The zero-order chi connectivity index (χ0) is 28.7. The first kappa shape index (κ1) is 27.3. The molecule has 15 heteroatoms. The quantitative estimate of drug-likeness (QED) is 0.352. The summed E-state index contributed by atoms with van der Waals surface area (Å²) >= 11 is 6.37. The van der Waals surface area contributed by atoms with E-state index in [0.717, 1.165) is 34.6 Å². The molecule has 0 saturated carbocycles. The number of hydrogen-bond acceptors (Lipinski definition) is 6. The number of aromatic amines is 1. The van der Waals surface area contributed by atoms with E-state index in [-0.39, 0.29) is 39.6 Å². The van der Waals surface area contributed by atoms with Gasteiger partial charge in [-0.15, -0.1) is 0 Å². The number of alkyl halides is 3.